The number of ether oxygens (including phenoxy) is 1. The first-order chi connectivity index (χ1) is 10.2. The Hall–Kier alpha value is -2.01. The lowest BCUT2D eigenvalue weighted by Gasteiger charge is -2.09. The van der Waals surface area contributed by atoms with Gasteiger partial charge in [0.1, 0.15) is 5.75 Å². The van der Waals surface area contributed by atoms with E-state index in [4.69, 9.17) is 4.74 Å². The van der Waals surface area contributed by atoms with Crippen molar-refractivity contribution in [3.8, 4) is 5.75 Å². The topological polar surface area (TPSA) is 50.4 Å². The third-order valence-electron chi connectivity index (χ3n) is 3.15. The van der Waals surface area contributed by atoms with Crippen LogP contribution in [0.25, 0.3) is 0 Å². The summed E-state index contributed by atoms with van der Waals surface area (Å²) in [6.07, 6.45) is 0.868. The van der Waals surface area contributed by atoms with Gasteiger partial charge in [0.05, 0.1) is 7.11 Å². The summed E-state index contributed by atoms with van der Waals surface area (Å²) in [4.78, 5) is 13.0. The standard InChI is InChI=1S/C16H20N2O2S/c1-12-10-13(5-6-15(12)20-2)11-18-16(19)17-8-7-14-4-3-9-21-14/h3-6,9-10H,7-8,11H2,1-2H3,(H2,17,18,19). The Labute approximate surface area is 129 Å². The van der Waals surface area contributed by atoms with Gasteiger partial charge in [-0.3, -0.25) is 0 Å². The van der Waals surface area contributed by atoms with E-state index in [1.54, 1.807) is 18.4 Å². The maximum absolute atomic E-state index is 11.7. The molecule has 112 valence electrons. The molecule has 0 aliphatic rings. The molecule has 0 saturated heterocycles. The highest BCUT2D eigenvalue weighted by molar-refractivity contribution is 7.09. The van der Waals surface area contributed by atoms with E-state index in [2.05, 4.69) is 16.7 Å². The first kappa shape index (κ1) is 15.4. The summed E-state index contributed by atoms with van der Waals surface area (Å²) >= 11 is 1.71. The number of carbonyl (C=O) groups is 1. The summed E-state index contributed by atoms with van der Waals surface area (Å²) in [5, 5.41) is 7.76. The van der Waals surface area contributed by atoms with Gasteiger partial charge in [0.2, 0.25) is 0 Å². The number of carbonyl (C=O) groups excluding carboxylic acids is 1. The number of thiophene rings is 1. The summed E-state index contributed by atoms with van der Waals surface area (Å²) in [6.45, 7) is 3.15. The van der Waals surface area contributed by atoms with Crippen LogP contribution in [0, 0.1) is 6.92 Å². The van der Waals surface area contributed by atoms with E-state index in [0.29, 0.717) is 13.1 Å². The average Bonchev–Trinajstić information content (AvgIpc) is 2.98. The first-order valence-corrected chi connectivity index (χ1v) is 7.74. The zero-order chi connectivity index (χ0) is 15.1. The molecule has 0 aliphatic carbocycles. The molecule has 5 heteroatoms. The van der Waals surface area contributed by atoms with Gasteiger partial charge >= 0.3 is 6.03 Å². The van der Waals surface area contributed by atoms with Gasteiger partial charge in [-0.15, -0.1) is 11.3 Å². The average molecular weight is 304 g/mol. The van der Waals surface area contributed by atoms with Crippen LogP contribution in [0.3, 0.4) is 0 Å². The second-order valence-corrected chi connectivity index (χ2v) is 5.78. The SMILES string of the molecule is COc1ccc(CNC(=O)NCCc2cccs2)cc1C. The number of benzene rings is 1. The summed E-state index contributed by atoms with van der Waals surface area (Å²) in [7, 11) is 1.65. The molecule has 0 atom stereocenters. The van der Waals surface area contributed by atoms with Gasteiger partial charge in [-0.2, -0.15) is 0 Å². The van der Waals surface area contributed by atoms with Crippen molar-refractivity contribution >= 4 is 17.4 Å². The van der Waals surface area contributed by atoms with Crippen molar-refractivity contribution in [1.82, 2.24) is 10.6 Å². The third-order valence-corrected chi connectivity index (χ3v) is 4.09. The normalized spacial score (nSPS) is 10.2. The molecule has 0 saturated carbocycles. The quantitative estimate of drug-likeness (QED) is 0.861. The van der Waals surface area contributed by atoms with Crippen molar-refractivity contribution in [2.24, 2.45) is 0 Å². The van der Waals surface area contributed by atoms with Crippen LogP contribution in [0.1, 0.15) is 16.0 Å². The summed E-state index contributed by atoms with van der Waals surface area (Å²) in [5.74, 6) is 0.860. The molecule has 2 amide bonds. The van der Waals surface area contributed by atoms with Gasteiger partial charge in [-0.1, -0.05) is 18.2 Å². The number of aryl methyl sites for hydroxylation is 1. The summed E-state index contributed by atoms with van der Waals surface area (Å²) in [6, 6.07) is 9.85. The Balaban J connectivity index is 1.72. The van der Waals surface area contributed by atoms with Crippen molar-refractivity contribution in [2.45, 2.75) is 19.9 Å². The number of methoxy groups -OCH3 is 1. The second kappa shape index (κ2) is 7.69. The van der Waals surface area contributed by atoms with E-state index in [0.717, 1.165) is 23.3 Å². The van der Waals surface area contributed by atoms with Crippen LogP contribution in [-0.4, -0.2) is 19.7 Å². The van der Waals surface area contributed by atoms with Crippen LogP contribution < -0.4 is 15.4 Å². The van der Waals surface area contributed by atoms with Crippen LogP contribution in [-0.2, 0) is 13.0 Å². The second-order valence-electron chi connectivity index (χ2n) is 4.74. The molecule has 1 heterocycles. The van der Waals surface area contributed by atoms with Crippen molar-refractivity contribution in [2.75, 3.05) is 13.7 Å². The number of amides is 2. The summed E-state index contributed by atoms with van der Waals surface area (Å²) < 4.78 is 5.22. The molecule has 2 aromatic rings. The molecule has 21 heavy (non-hydrogen) atoms. The molecule has 2 rings (SSSR count). The molecule has 0 bridgehead atoms. The van der Waals surface area contributed by atoms with E-state index >= 15 is 0 Å². The fourth-order valence-corrected chi connectivity index (χ4v) is 2.76. The molecule has 4 nitrogen and oxygen atoms in total. The lowest BCUT2D eigenvalue weighted by atomic mass is 10.1. The first-order valence-electron chi connectivity index (χ1n) is 6.86. The molecular formula is C16H20N2O2S. The van der Waals surface area contributed by atoms with Crippen molar-refractivity contribution < 1.29 is 9.53 Å². The minimum absolute atomic E-state index is 0.139. The lowest BCUT2D eigenvalue weighted by molar-refractivity contribution is 0.240. The molecule has 0 fully saturated rings. The maximum atomic E-state index is 11.7. The molecule has 1 aromatic carbocycles. The van der Waals surface area contributed by atoms with E-state index in [9.17, 15) is 4.79 Å². The highest BCUT2D eigenvalue weighted by Crippen LogP contribution is 2.18. The van der Waals surface area contributed by atoms with Crippen molar-refractivity contribution in [3.63, 3.8) is 0 Å². The van der Waals surface area contributed by atoms with Crippen LogP contribution in [0.4, 0.5) is 4.79 Å². The highest BCUT2D eigenvalue weighted by atomic mass is 32.1. The van der Waals surface area contributed by atoms with E-state index in [1.165, 1.54) is 4.88 Å². The Morgan fingerprint density at radius 2 is 2.14 bits per heavy atom. The fraction of sp³-hybridized carbons (Fsp3) is 0.312. The Morgan fingerprint density at radius 1 is 1.29 bits per heavy atom. The van der Waals surface area contributed by atoms with Crippen molar-refractivity contribution in [1.29, 1.82) is 0 Å². The molecule has 0 unspecified atom stereocenters. The van der Waals surface area contributed by atoms with Gasteiger partial charge in [0, 0.05) is 18.0 Å². The van der Waals surface area contributed by atoms with Crippen LogP contribution in [0.2, 0.25) is 0 Å². The molecule has 0 radical (unpaired) electrons. The number of hydrogen-bond acceptors (Lipinski definition) is 3. The Morgan fingerprint density at radius 3 is 2.81 bits per heavy atom. The zero-order valence-corrected chi connectivity index (χ0v) is 13.1. The van der Waals surface area contributed by atoms with Crippen molar-refractivity contribution in [3.05, 3.63) is 51.7 Å². The smallest absolute Gasteiger partial charge is 0.315 e. The highest BCUT2D eigenvalue weighted by Gasteiger charge is 2.03. The van der Waals surface area contributed by atoms with Gasteiger partial charge < -0.3 is 15.4 Å². The Bertz CT molecular complexity index is 582. The summed E-state index contributed by atoms with van der Waals surface area (Å²) in [5.41, 5.74) is 2.12. The van der Waals surface area contributed by atoms with E-state index in [-0.39, 0.29) is 6.03 Å². The molecule has 0 spiro atoms. The third kappa shape index (κ3) is 4.79. The lowest BCUT2D eigenvalue weighted by Crippen LogP contribution is -2.36. The van der Waals surface area contributed by atoms with Gasteiger partial charge in [-0.05, 0) is 42.0 Å². The van der Waals surface area contributed by atoms with Crippen LogP contribution >= 0.6 is 11.3 Å². The zero-order valence-electron chi connectivity index (χ0n) is 12.3. The number of hydrogen-bond donors (Lipinski definition) is 2. The fourth-order valence-electron chi connectivity index (χ4n) is 2.05. The number of nitrogens with one attached hydrogen (secondary N) is 2. The largest absolute Gasteiger partial charge is 0.496 e. The molecule has 0 aliphatic heterocycles. The van der Waals surface area contributed by atoms with Gasteiger partial charge in [0.25, 0.3) is 0 Å². The minimum Gasteiger partial charge on any atom is -0.496 e. The van der Waals surface area contributed by atoms with Crippen LogP contribution in [0.15, 0.2) is 35.7 Å². The predicted molar refractivity (Wildman–Crippen MR) is 86.0 cm³/mol. The molecule has 1 aromatic heterocycles. The van der Waals surface area contributed by atoms with E-state index < -0.39 is 0 Å². The minimum atomic E-state index is -0.139. The monoisotopic (exact) mass is 304 g/mol. The predicted octanol–water partition coefficient (Wildman–Crippen LogP) is 3.11. The van der Waals surface area contributed by atoms with Crippen LogP contribution in [0.5, 0.6) is 5.75 Å². The van der Waals surface area contributed by atoms with Gasteiger partial charge in [0.15, 0.2) is 0 Å². The Kier molecular flexibility index (Phi) is 5.63. The molecule has 2 N–H and O–H groups in total. The number of rotatable bonds is 6. The van der Waals surface area contributed by atoms with E-state index in [1.807, 2.05) is 36.6 Å². The van der Waals surface area contributed by atoms with Gasteiger partial charge in [-0.25, -0.2) is 4.79 Å². The molecular weight excluding hydrogens is 284 g/mol. The number of urea groups is 1. The maximum Gasteiger partial charge on any atom is 0.315 e.